The van der Waals surface area contributed by atoms with Gasteiger partial charge in [-0.15, -0.1) is 0 Å². The quantitative estimate of drug-likeness (QED) is 0.152. The van der Waals surface area contributed by atoms with Gasteiger partial charge in [-0.2, -0.15) is 0 Å². The van der Waals surface area contributed by atoms with Gasteiger partial charge in [0.2, 0.25) is 0 Å². The number of ether oxygens (including phenoxy) is 2. The fourth-order valence-corrected chi connectivity index (χ4v) is 20.1. The minimum atomic E-state index is -0.520. The normalized spacial score (nSPS) is 29.5. The Morgan fingerprint density at radius 2 is 0.523 bits per heavy atom. The number of aromatic nitrogens is 4. The zero-order valence-corrected chi connectivity index (χ0v) is 57.9. The third-order valence-corrected chi connectivity index (χ3v) is 27.7. The van der Waals surface area contributed by atoms with E-state index in [-0.39, 0.29) is 12.5 Å². The number of hydrogen-bond acceptors (Lipinski definition) is 4. The molecule has 452 valence electrons. The van der Waals surface area contributed by atoms with Crippen molar-refractivity contribution in [3.8, 4) is 0 Å². The molecular weight excluding hydrogens is 1050 g/mol. The molecule has 2 saturated heterocycles. The van der Waals surface area contributed by atoms with E-state index in [1.807, 2.05) is 0 Å². The molecule has 0 saturated carbocycles. The lowest BCUT2D eigenvalue weighted by molar-refractivity contribution is -0.307. The van der Waals surface area contributed by atoms with Crippen LogP contribution in [0.2, 0.25) is 0 Å². The van der Waals surface area contributed by atoms with Gasteiger partial charge in [0.05, 0.1) is 44.1 Å². The van der Waals surface area contributed by atoms with Crippen LogP contribution in [0, 0.1) is 140 Å². The van der Waals surface area contributed by atoms with Crippen LogP contribution in [-0.4, -0.2) is 42.2 Å². The van der Waals surface area contributed by atoms with Crippen molar-refractivity contribution in [2.45, 2.75) is 235 Å². The Kier molecular flexibility index (Phi) is 11.5. The first-order valence-electron chi connectivity index (χ1n) is 33.2. The van der Waals surface area contributed by atoms with Gasteiger partial charge in [-0.3, -0.25) is 9.80 Å². The molecule has 0 amide bonds. The smallest absolute Gasteiger partial charge is 0.148 e. The molecule has 0 spiro atoms. The molecule has 12 atom stereocenters. The van der Waals surface area contributed by atoms with Crippen LogP contribution in [0.5, 0.6) is 0 Å². The lowest BCUT2D eigenvalue weighted by Crippen LogP contribution is -2.58. The van der Waals surface area contributed by atoms with E-state index in [1.54, 1.807) is 11.1 Å². The molecule has 8 nitrogen and oxygen atoms in total. The van der Waals surface area contributed by atoms with Crippen LogP contribution in [0.15, 0.2) is 0 Å². The van der Waals surface area contributed by atoms with Gasteiger partial charge >= 0.3 is 0 Å². The highest BCUT2D eigenvalue weighted by molar-refractivity contribution is 6.29. The van der Waals surface area contributed by atoms with E-state index in [4.69, 9.17) is 9.47 Å². The topological polar surface area (TPSA) is 44.7 Å². The van der Waals surface area contributed by atoms with E-state index in [1.165, 1.54) is 187 Å². The lowest BCUT2D eigenvalue weighted by Gasteiger charge is -2.55. The van der Waals surface area contributed by atoms with Gasteiger partial charge in [-0.1, -0.05) is 34.6 Å². The van der Waals surface area contributed by atoms with Crippen LogP contribution in [0.4, 0.5) is 0 Å². The Morgan fingerprint density at radius 1 is 0.279 bits per heavy atom. The summed E-state index contributed by atoms with van der Waals surface area (Å²) < 4.78 is 26.0. The van der Waals surface area contributed by atoms with E-state index < -0.39 is 11.4 Å². The molecule has 10 aromatic rings. The highest BCUT2D eigenvalue weighted by atomic mass is 16.6. The average molecular weight is 1150 g/mol. The number of hydrogen-bond donors (Lipinski definition) is 0. The molecule has 6 aromatic carbocycles. The number of nitrogens with zero attached hydrogens (tertiary/aromatic N) is 6. The van der Waals surface area contributed by atoms with E-state index in [9.17, 15) is 0 Å². The van der Waals surface area contributed by atoms with Crippen LogP contribution in [-0.2, 0) is 20.9 Å². The van der Waals surface area contributed by atoms with Crippen molar-refractivity contribution in [3.05, 3.63) is 111 Å². The highest BCUT2D eigenvalue weighted by Gasteiger charge is 2.59. The first-order chi connectivity index (χ1) is 40.3. The Hall–Kier alpha value is -5.64. The minimum absolute atomic E-state index is 0.0196. The second-order valence-electron chi connectivity index (χ2n) is 30.2. The van der Waals surface area contributed by atoms with Gasteiger partial charge in [0.15, 0.2) is 0 Å². The number of aryl methyl sites for hydroxylation is 8. The molecule has 6 aliphatic heterocycles. The van der Waals surface area contributed by atoms with Crippen molar-refractivity contribution in [1.29, 1.82) is 0 Å². The summed E-state index contributed by atoms with van der Waals surface area (Å²) in [6.45, 7) is 64.3. The third-order valence-electron chi connectivity index (χ3n) is 27.7. The largest absolute Gasteiger partial charge is 0.334 e. The molecule has 12 unspecified atom stereocenters. The van der Waals surface area contributed by atoms with E-state index >= 15 is 0 Å². The number of fused-ring (bicyclic) bond motifs is 26. The monoisotopic (exact) mass is 1150 g/mol. The molecule has 4 aromatic heterocycles. The van der Waals surface area contributed by atoms with Crippen molar-refractivity contribution in [2.24, 2.45) is 29.6 Å². The second kappa shape index (κ2) is 17.4. The van der Waals surface area contributed by atoms with Crippen molar-refractivity contribution >= 4 is 87.2 Å². The number of benzene rings is 6. The molecule has 16 rings (SSSR count). The van der Waals surface area contributed by atoms with E-state index in [2.05, 4.69) is 229 Å². The molecule has 6 aliphatic rings. The summed E-state index contributed by atoms with van der Waals surface area (Å²) in [6.07, 6.45) is 0.0393. The minimum Gasteiger partial charge on any atom is -0.334 e. The van der Waals surface area contributed by atoms with Crippen molar-refractivity contribution in [3.63, 3.8) is 0 Å². The van der Waals surface area contributed by atoms with Gasteiger partial charge in [0, 0.05) is 90.9 Å². The summed E-state index contributed by atoms with van der Waals surface area (Å²) in [4.78, 5) is 5.21. The van der Waals surface area contributed by atoms with Crippen LogP contribution in [0.25, 0.3) is 87.2 Å². The third kappa shape index (κ3) is 5.97. The Balaban J connectivity index is 0.000000146. The summed E-state index contributed by atoms with van der Waals surface area (Å²) in [5, 5.41) is 11.7. The van der Waals surface area contributed by atoms with Gasteiger partial charge in [-0.05, 0) is 284 Å². The van der Waals surface area contributed by atoms with Gasteiger partial charge in [0.1, 0.15) is 23.9 Å². The molecular formula is C78H98N6O2. The van der Waals surface area contributed by atoms with Crippen molar-refractivity contribution < 1.29 is 9.47 Å². The second-order valence-corrected chi connectivity index (χ2v) is 30.2. The maximum absolute atomic E-state index is 7.86. The predicted molar refractivity (Wildman–Crippen MR) is 363 cm³/mol. The molecule has 0 N–H and O–H groups in total. The molecule has 2 fully saturated rings. The zero-order valence-electron chi connectivity index (χ0n) is 57.9. The predicted octanol–water partition coefficient (Wildman–Crippen LogP) is 20.5. The average Bonchev–Trinajstić information content (AvgIpc) is 1.49. The van der Waals surface area contributed by atoms with Crippen LogP contribution in [0.1, 0.15) is 224 Å². The Morgan fingerprint density at radius 3 is 0.814 bits per heavy atom. The Labute approximate surface area is 512 Å². The molecule has 0 radical (unpaired) electrons. The van der Waals surface area contributed by atoms with Crippen molar-refractivity contribution in [2.75, 3.05) is 14.1 Å². The fourth-order valence-electron chi connectivity index (χ4n) is 20.1. The Bertz CT molecular complexity index is 4570. The lowest BCUT2D eigenvalue weighted by atomic mass is 9.71. The summed E-state index contributed by atoms with van der Waals surface area (Å²) in [7, 11) is 4.67. The first kappa shape index (κ1) is 56.8. The summed E-state index contributed by atoms with van der Waals surface area (Å²) in [5.74, 6) is 1.91. The van der Waals surface area contributed by atoms with E-state index in [0.29, 0.717) is 53.8 Å². The molecule has 10 heterocycles. The maximum atomic E-state index is 7.86. The SMILES string of the molecule is Cc1c(C)c(C)c2c(c1C)c1c3c(c4c5c(C)c(C)c(C)c(C)c5n5c4c1n2C1(C)OC5(C)C(C)C(C)C1C)C(C)N(C)C3C.Cc1c(C)c(C)c2c(c1C)c1c3c(c4c5c(C)c(C)c(C)c(C)c5n5c4c1n2C1OC5C(C)C1C)C(C)N(C)C3C. The molecule has 4 bridgehead atoms. The fraction of sp³-hybridized carbons (Fsp3) is 0.538. The standard InChI is InChI=1S/C41H53N3O.C37H45N3O/c1-17-19(3)23(7)36-30(21(17)5)34-32-28(12)42(16)29(13)33(32)35-31-22(6)18(2)20(4)24(8)37(31)44-39(35)38(34)43(36)40(14)26(10)25(9)27(11)41(44,15)45-40;1-14-16(3)20(7)32-26(18(14)5)30-28-24(11)38(13)25(12)29(28)31-27-19(6)15(2)17(4)21(8)33(27)40-35(31)34(30)39(32)36-22(9)23(10)37(40)41-36/h25-29H,1-16H3;22-25,36-37H,1-13H3. The van der Waals surface area contributed by atoms with Crippen molar-refractivity contribution in [1.82, 2.24) is 28.1 Å². The molecule has 0 aliphatic carbocycles. The van der Waals surface area contributed by atoms with Gasteiger partial charge in [0.25, 0.3) is 0 Å². The highest BCUT2D eigenvalue weighted by Crippen LogP contribution is 2.65. The van der Waals surface area contributed by atoms with E-state index in [0.717, 1.165) is 0 Å². The first-order valence-corrected chi connectivity index (χ1v) is 33.2. The molecule has 86 heavy (non-hydrogen) atoms. The number of rotatable bonds is 0. The molecule has 8 heteroatoms. The van der Waals surface area contributed by atoms with Gasteiger partial charge < -0.3 is 27.7 Å². The van der Waals surface area contributed by atoms with Crippen LogP contribution in [0.3, 0.4) is 0 Å². The summed E-state index contributed by atoms with van der Waals surface area (Å²) >= 11 is 0. The maximum Gasteiger partial charge on any atom is 0.148 e. The summed E-state index contributed by atoms with van der Waals surface area (Å²) in [5.41, 5.74) is 39.0. The summed E-state index contributed by atoms with van der Waals surface area (Å²) in [6, 6.07) is 1.31. The van der Waals surface area contributed by atoms with Crippen LogP contribution >= 0.6 is 0 Å². The van der Waals surface area contributed by atoms with Gasteiger partial charge in [-0.25, -0.2) is 0 Å². The van der Waals surface area contributed by atoms with Crippen LogP contribution < -0.4 is 0 Å². The zero-order chi connectivity index (χ0) is 62.0.